The summed E-state index contributed by atoms with van der Waals surface area (Å²) in [5, 5.41) is 2.90. The number of hydrogen-bond acceptors (Lipinski definition) is 6. The molecule has 8 nitrogen and oxygen atoms in total. The Labute approximate surface area is 241 Å². The average Bonchev–Trinajstić information content (AvgIpc) is 2.87. The Bertz CT molecular complexity index is 615. The minimum Gasteiger partial charge on any atom is -0.756 e. The lowest BCUT2D eigenvalue weighted by Gasteiger charge is -2.28. The van der Waals surface area contributed by atoms with Gasteiger partial charge in [0.25, 0.3) is 7.82 Å². The van der Waals surface area contributed by atoms with Crippen molar-refractivity contribution in [1.29, 1.82) is 0 Å². The van der Waals surface area contributed by atoms with Crippen molar-refractivity contribution < 1.29 is 32.5 Å². The van der Waals surface area contributed by atoms with Crippen LogP contribution in [0.3, 0.4) is 0 Å². The van der Waals surface area contributed by atoms with Crippen molar-refractivity contribution in [3.8, 4) is 0 Å². The van der Waals surface area contributed by atoms with Crippen LogP contribution in [0.2, 0.25) is 0 Å². The van der Waals surface area contributed by atoms with Gasteiger partial charge in [0.15, 0.2) is 0 Å². The van der Waals surface area contributed by atoms with E-state index in [1.165, 1.54) is 83.5 Å². The van der Waals surface area contributed by atoms with E-state index in [0.717, 1.165) is 25.7 Å². The Morgan fingerprint density at radius 1 is 0.744 bits per heavy atom. The summed E-state index contributed by atoms with van der Waals surface area (Å²) < 4.78 is 28.9. The minimum absolute atomic E-state index is 0.0272. The molecule has 0 aliphatic rings. The maximum absolute atomic E-state index is 12.3. The van der Waals surface area contributed by atoms with Crippen LogP contribution in [0.5, 0.6) is 0 Å². The number of amides is 1. The Balaban J connectivity index is 4.36. The molecular weight excluding hydrogens is 515 g/mol. The van der Waals surface area contributed by atoms with Crippen molar-refractivity contribution in [3.63, 3.8) is 0 Å². The topological polar surface area (TPSA) is 96.9 Å². The van der Waals surface area contributed by atoms with E-state index in [0.29, 0.717) is 24.1 Å². The molecule has 0 aromatic heterocycles. The zero-order chi connectivity index (χ0) is 29.2. The minimum atomic E-state index is -4.43. The Hall–Kier alpha value is -0.500. The van der Waals surface area contributed by atoms with Crippen molar-refractivity contribution in [1.82, 2.24) is 5.32 Å². The van der Waals surface area contributed by atoms with Crippen molar-refractivity contribution in [2.75, 3.05) is 54.1 Å². The van der Waals surface area contributed by atoms with Gasteiger partial charge in [-0.1, -0.05) is 110 Å². The van der Waals surface area contributed by atoms with E-state index >= 15 is 0 Å². The van der Waals surface area contributed by atoms with Gasteiger partial charge in [-0.3, -0.25) is 9.36 Å². The number of nitrogens with one attached hydrogen (secondary N) is 1. The molecule has 234 valence electrons. The lowest BCUT2D eigenvalue weighted by Crippen LogP contribution is -2.38. The van der Waals surface area contributed by atoms with E-state index in [2.05, 4.69) is 19.2 Å². The molecule has 0 rings (SSSR count). The largest absolute Gasteiger partial charge is 0.756 e. The summed E-state index contributed by atoms with van der Waals surface area (Å²) in [6.45, 7) is 5.63. The van der Waals surface area contributed by atoms with E-state index < -0.39 is 13.9 Å². The van der Waals surface area contributed by atoms with E-state index in [9.17, 15) is 14.3 Å². The predicted octanol–water partition coefficient (Wildman–Crippen LogP) is 6.76. The molecule has 0 spiro atoms. The maximum Gasteiger partial charge on any atom is 0.268 e. The quantitative estimate of drug-likeness (QED) is 0.0599. The molecule has 0 saturated heterocycles. The van der Waals surface area contributed by atoms with Gasteiger partial charge in [-0.15, -0.1) is 0 Å². The number of hydrogen-bond donors (Lipinski definition) is 1. The fourth-order valence-electron chi connectivity index (χ4n) is 4.20. The number of nitrogens with zero attached hydrogens (tertiary/aromatic N) is 1. The SMILES string of the molecule is CCCCCCCCCCCCOC(CNC(=O)CCCCCCCCC)COP(=O)([O-])OCC[N+](C)(C)C. The third-order valence-electron chi connectivity index (χ3n) is 6.82. The number of carbonyl (C=O) groups excluding carboxylic acids is 1. The summed E-state index contributed by atoms with van der Waals surface area (Å²) in [5.41, 5.74) is 0. The van der Waals surface area contributed by atoms with Crippen LogP contribution in [-0.2, 0) is 23.1 Å². The number of phosphoric acid groups is 1. The summed E-state index contributed by atoms with van der Waals surface area (Å²) in [5.74, 6) is -0.0272. The van der Waals surface area contributed by atoms with Gasteiger partial charge in [-0.25, -0.2) is 0 Å². The number of carbonyl (C=O) groups is 1. The highest BCUT2D eigenvalue weighted by Gasteiger charge is 2.18. The van der Waals surface area contributed by atoms with Crippen LogP contribution in [0.1, 0.15) is 129 Å². The summed E-state index contributed by atoms with van der Waals surface area (Å²) in [6, 6.07) is 0. The second-order valence-corrected chi connectivity index (χ2v) is 13.4. The molecule has 0 aliphatic carbocycles. The van der Waals surface area contributed by atoms with Gasteiger partial charge in [0, 0.05) is 19.6 Å². The molecule has 0 heterocycles. The molecule has 9 heteroatoms. The lowest BCUT2D eigenvalue weighted by atomic mass is 10.1. The van der Waals surface area contributed by atoms with Crippen LogP contribution in [0, 0.1) is 0 Å². The van der Waals surface area contributed by atoms with Crippen molar-refractivity contribution in [2.24, 2.45) is 0 Å². The molecule has 0 radical (unpaired) electrons. The van der Waals surface area contributed by atoms with Crippen LogP contribution in [0.25, 0.3) is 0 Å². The fraction of sp³-hybridized carbons (Fsp3) is 0.967. The molecule has 2 unspecified atom stereocenters. The van der Waals surface area contributed by atoms with Crippen LogP contribution in [-0.4, -0.2) is 70.5 Å². The molecule has 39 heavy (non-hydrogen) atoms. The molecule has 1 N–H and O–H groups in total. The molecule has 0 aromatic carbocycles. The Kier molecular flexibility index (Phi) is 24.9. The zero-order valence-corrected chi connectivity index (χ0v) is 27.1. The zero-order valence-electron chi connectivity index (χ0n) is 26.2. The number of ether oxygens (including phenoxy) is 1. The number of phosphoric ester groups is 1. The maximum atomic E-state index is 12.3. The molecule has 0 fully saturated rings. The Morgan fingerprint density at radius 2 is 1.23 bits per heavy atom. The summed E-state index contributed by atoms with van der Waals surface area (Å²) in [4.78, 5) is 24.5. The van der Waals surface area contributed by atoms with Crippen LogP contribution in [0.4, 0.5) is 0 Å². The van der Waals surface area contributed by atoms with Gasteiger partial charge in [-0.05, 0) is 12.8 Å². The standard InChI is InChI=1S/C30H63N2O6P/c1-6-8-10-12-14-15-16-18-20-22-25-36-29(28-38-39(34,35)37-26-24-32(3,4)5)27-31-30(33)23-21-19-17-13-11-9-7-2/h29H,6-28H2,1-5H3,(H-,31,33,34,35). The number of rotatable bonds is 29. The lowest BCUT2D eigenvalue weighted by molar-refractivity contribution is -0.870. The fourth-order valence-corrected chi connectivity index (χ4v) is 4.93. The summed E-state index contributed by atoms with van der Waals surface area (Å²) in [6.07, 6.45) is 20.4. The molecule has 0 saturated carbocycles. The van der Waals surface area contributed by atoms with Crippen LogP contribution < -0.4 is 10.2 Å². The number of likely N-dealkylation sites (N-methyl/N-ethyl adjacent to an activating group) is 1. The highest BCUT2D eigenvalue weighted by molar-refractivity contribution is 7.45. The second-order valence-electron chi connectivity index (χ2n) is 11.9. The molecule has 2 atom stereocenters. The van der Waals surface area contributed by atoms with Crippen LogP contribution in [0.15, 0.2) is 0 Å². The van der Waals surface area contributed by atoms with Gasteiger partial charge in [0.2, 0.25) is 5.91 Å². The third-order valence-corrected chi connectivity index (χ3v) is 7.78. The first-order chi connectivity index (χ1) is 18.6. The van der Waals surface area contributed by atoms with Crippen molar-refractivity contribution in [3.05, 3.63) is 0 Å². The van der Waals surface area contributed by atoms with Crippen LogP contribution >= 0.6 is 7.82 Å². The Morgan fingerprint density at radius 3 is 1.74 bits per heavy atom. The number of unbranched alkanes of at least 4 members (excludes halogenated alkanes) is 15. The van der Waals surface area contributed by atoms with Gasteiger partial charge >= 0.3 is 0 Å². The van der Waals surface area contributed by atoms with E-state index in [-0.39, 0.29) is 25.7 Å². The average molecular weight is 579 g/mol. The normalized spacial score (nSPS) is 14.3. The van der Waals surface area contributed by atoms with Gasteiger partial charge in [0.1, 0.15) is 13.2 Å². The number of quaternary nitrogens is 1. The molecular formula is C30H63N2O6P. The highest BCUT2D eigenvalue weighted by atomic mass is 31.2. The first kappa shape index (κ1) is 38.5. The molecule has 0 aromatic rings. The summed E-state index contributed by atoms with van der Waals surface area (Å²) >= 11 is 0. The highest BCUT2D eigenvalue weighted by Crippen LogP contribution is 2.38. The van der Waals surface area contributed by atoms with Gasteiger partial charge < -0.3 is 28.5 Å². The monoisotopic (exact) mass is 578 g/mol. The summed E-state index contributed by atoms with van der Waals surface area (Å²) in [7, 11) is 1.46. The second kappa shape index (κ2) is 25.2. The molecule has 0 aliphatic heterocycles. The molecule has 0 bridgehead atoms. The van der Waals surface area contributed by atoms with Gasteiger partial charge in [-0.2, -0.15) is 0 Å². The van der Waals surface area contributed by atoms with Gasteiger partial charge in [0.05, 0.1) is 33.9 Å². The molecule has 1 amide bonds. The smallest absolute Gasteiger partial charge is 0.268 e. The van der Waals surface area contributed by atoms with E-state index in [1.807, 2.05) is 21.1 Å². The predicted molar refractivity (Wildman–Crippen MR) is 160 cm³/mol. The van der Waals surface area contributed by atoms with E-state index in [1.54, 1.807) is 0 Å². The van der Waals surface area contributed by atoms with Crippen molar-refractivity contribution >= 4 is 13.7 Å². The first-order valence-electron chi connectivity index (χ1n) is 15.9. The third kappa shape index (κ3) is 28.8. The van der Waals surface area contributed by atoms with E-state index in [4.69, 9.17) is 13.8 Å². The van der Waals surface area contributed by atoms with Crippen molar-refractivity contribution in [2.45, 2.75) is 136 Å². The first-order valence-corrected chi connectivity index (χ1v) is 17.3.